The Hall–Kier alpha value is -0.0231. The van der Waals surface area contributed by atoms with Gasteiger partial charge in [0.1, 0.15) is 0 Å². The van der Waals surface area contributed by atoms with Crippen molar-refractivity contribution in [2.45, 2.75) is 52.4 Å². The highest BCUT2D eigenvalue weighted by atomic mass is 28.3. The van der Waals surface area contributed by atoms with Crippen LogP contribution in [0.5, 0.6) is 0 Å². The molecular weight excluding hydrogens is 292 g/mol. The van der Waals surface area contributed by atoms with Gasteiger partial charge in [-0.15, -0.1) is 0 Å². The van der Waals surface area contributed by atoms with E-state index in [1.54, 1.807) is 14.2 Å². The highest BCUT2D eigenvalue weighted by Crippen LogP contribution is 2.18. The summed E-state index contributed by atoms with van der Waals surface area (Å²) in [6.07, 6.45) is 3.57. The molecule has 0 aromatic rings. The molecule has 0 aliphatic rings. The Labute approximate surface area is 131 Å². The third-order valence-electron chi connectivity index (χ3n) is 3.03. The third-order valence-corrected chi connectivity index (χ3v) is 4.74. The highest BCUT2D eigenvalue weighted by Gasteiger charge is 2.27. The van der Waals surface area contributed by atoms with Gasteiger partial charge in [-0.25, -0.2) is 0 Å². The van der Waals surface area contributed by atoms with E-state index in [1.165, 1.54) is 0 Å². The Morgan fingerprint density at radius 1 is 0.762 bits per heavy atom. The van der Waals surface area contributed by atoms with Crippen molar-refractivity contribution < 1.29 is 27.5 Å². The molecule has 0 radical (unpaired) electrons. The predicted octanol–water partition coefficient (Wildman–Crippen LogP) is 2.34. The summed E-state index contributed by atoms with van der Waals surface area (Å²) in [5, 5.41) is 0. The van der Waals surface area contributed by atoms with E-state index in [9.17, 15) is 0 Å². The van der Waals surface area contributed by atoms with Crippen LogP contribution in [-0.4, -0.2) is 56.1 Å². The van der Waals surface area contributed by atoms with E-state index in [4.69, 9.17) is 27.5 Å². The van der Waals surface area contributed by atoms with E-state index in [0.29, 0.717) is 32.8 Å². The molecule has 0 heterocycles. The van der Waals surface area contributed by atoms with Gasteiger partial charge in [0, 0.05) is 40.5 Å². The van der Waals surface area contributed by atoms with Crippen LogP contribution in [0.1, 0.15) is 46.5 Å². The van der Waals surface area contributed by atoms with Crippen LogP contribution in [0.3, 0.4) is 0 Å². The first kappa shape index (κ1) is 21.0. The molecular formula is C14H32O6Si. The number of hydrogen-bond donors (Lipinski definition) is 0. The van der Waals surface area contributed by atoms with Gasteiger partial charge in [0.2, 0.25) is 0 Å². The van der Waals surface area contributed by atoms with Crippen molar-refractivity contribution in [3.8, 4) is 0 Å². The second-order valence-electron chi connectivity index (χ2n) is 4.42. The summed E-state index contributed by atoms with van der Waals surface area (Å²) in [7, 11) is 1.27. The van der Waals surface area contributed by atoms with E-state index in [1.807, 2.05) is 20.8 Å². The van der Waals surface area contributed by atoms with E-state index in [2.05, 4.69) is 0 Å². The molecule has 6 nitrogen and oxygen atoms in total. The zero-order valence-corrected chi connectivity index (χ0v) is 15.3. The van der Waals surface area contributed by atoms with Gasteiger partial charge in [-0.3, -0.25) is 0 Å². The monoisotopic (exact) mass is 324 g/mol. The summed E-state index contributed by atoms with van der Waals surface area (Å²) in [4.78, 5) is 0. The summed E-state index contributed by atoms with van der Waals surface area (Å²) in [6.45, 7) is 8.41. The first-order chi connectivity index (χ1) is 10.2. The quantitative estimate of drug-likeness (QED) is 0.262. The van der Waals surface area contributed by atoms with Gasteiger partial charge in [-0.2, -0.15) is 0 Å². The van der Waals surface area contributed by atoms with Crippen molar-refractivity contribution in [2.75, 3.05) is 40.6 Å². The lowest BCUT2D eigenvalue weighted by molar-refractivity contribution is -0.363. The Bertz CT molecular complexity index is 211. The average molecular weight is 324 g/mol. The summed E-state index contributed by atoms with van der Waals surface area (Å²) in [6, 6.07) is 0. The molecule has 0 N–H and O–H groups in total. The molecule has 7 heteroatoms. The van der Waals surface area contributed by atoms with Gasteiger partial charge in [-0.1, -0.05) is 6.92 Å². The van der Waals surface area contributed by atoms with Gasteiger partial charge >= 0.3 is 9.53 Å². The Morgan fingerprint density at radius 3 is 1.81 bits per heavy atom. The van der Waals surface area contributed by atoms with Crippen LogP contribution >= 0.6 is 0 Å². The number of methoxy groups -OCH3 is 2. The number of rotatable bonds is 15. The van der Waals surface area contributed by atoms with Crippen LogP contribution in [0.4, 0.5) is 0 Å². The minimum absolute atomic E-state index is 0.604. The van der Waals surface area contributed by atoms with Gasteiger partial charge in [0.05, 0.1) is 6.61 Å². The highest BCUT2D eigenvalue weighted by molar-refractivity contribution is 6.36. The standard InChI is InChI=1S/C14H32O6Si/c1-6-14(15-4,16-5)17-12-10-9-11-13-20-21(18-7-2)19-8-3/h21H,6-13H2,1-5H3. The van der Waals surface area contributed by atoms with Crippen molar-refractivity contribution >= 4 is 9.53 Å². The maximum absolute atomic E-state index is 5.66. The lowest BCUT2D eigenvalue weighted by atomic mass is 10.2. The number of unbranched alkanes of at least 4 members (excludes halogenated alkanes) is 2. The van der Waals surface area contributed by atoms with Crippen molar-refractivity contribution in [3.05, 3.63) is 0 Å². The van der Waals surface area contributed by atoms with Gasteiger partial charge in [0.25, 0.3) is 5.97 Å². The summed E-state index contributed by atoms with van der Waals surface area (Å²) in [5.41, 5.74) is 0. The predicted molar refractivity (Wildman–Crippen MR) is 83.2 cm³/mol. The summed E-state index contributed by atoms with van der Waals surface area (Å²) >= 11 is 0. The SMILES string of the molecule is CCO[SiH](OCC)OCCCCCOC(CC)(OC)OC. The molecule has 21 heavy (non-hydrogen) atoms. The van der Waals surface area contributed by atoms with E-state index in [-0.39, 0.29) is 0 Å². The lowest BCUT2D eigenvalue weighted by Crippen LogP contribution is -2.36. The second-order valence-corrected chi connectivity index (χ2v) is 6.00. The maximum atomic E-state index is 5.66. The molecule has 0 aliphatic heterocycles. The van der Waals surface area contributed by atoms with Gasteiger partial charge < -0.3 is 27.5 Å². The molecule has 0 unspecified atom stereocenters. The molecule has 0 bridgehead atoms. The zero-order chi connectivity index (χ0) is 16.0. The lowest BCUT2D eigenvalue weighted by Gasteiger charge is -2.29. The van der Waals surface area contributed by atoms with E-state index in [0.717, 1.165) is 19.3 Å². The zero-order valence-electron chi connectivity index (χ0n) is 14.2. The fourth-order valence-electron chi connectivity index (χ4n) is 1.80. The summed E-state index contributed by atoms with van der Waals surface area (Å²) < 4.78 is 32.7. The minimum atomic E-state index is -1.91. The molecule has 128 valence electrons. The van der Waals surface area contributed by atoms with Crippen LogP contribution in [0, 0.1) is 0 Å². The second kappa shape index (κ2) is 13.6. The van der Waals surface area contributed by atoms with Crippen molar-refractivity contribution in [1.82, 2.24) is 0 Å². The molecule has 0 amide bonds. The average Bonchev–Trinajstić information content (AvgIpc) is 2.51. The van der Waals surface area contributed by atoms with Crippen LogP contribution < -0.4 is 0 Å². The van der Waals surface area contributed by atoms with Crippen molar-refractivity contribution in [2.24, 2.45) is 0 Å². The molecule has 0 saturated carbocycles. The third kappa shape index (κ3) is 9.57. The molecule has 0 atom stereocenters. The molecule has 0 fully saturated rings. The minimum Gasteiger partial charge on any atom is -0.376 e. The molecule has 0 spiro atoms. The number of ether oxygens (including phenoxy) is 3. The van der Waals surface area contributed by atoms with Crippen molar-refractivity contribution in [3.63, 3.8) is 0 Å². The van der Waals surface area contributed by atoms with Gasteiger partial charge in [0.15, 0.2) is 0 Å². The van der Waals surface area contributed by atoms with E-state index < -0.39 is 15.5 Å². The molecule has 0 rings (SSSR count). The molecule has 0 saturated heterocycles. The normalized spacial score (nSPS) is 12.3. The molecule has 0 aromatic heterocycles. The largest absolute Gasteiger partial charge is 0.484 e. The van der Waals surface area contributed by atoms with Gasteiger partial charge in [-0.05, 0) is 33.1 Å². The van der Waals surface area contributed by atoms with Crippen LogP contribution in [-0.2, 0) is 27.5 Å². The Balaban J connectivity index is 3.63. The first-order valence-electron chi connectivity index (χ1n) is 7.77. The molecule has 0 aliphatic carbocycles. The molecule has 0 aromatic carbocycles. The Kier molecular flexibility index (Phi) is 13.6. The number of hydrogen-bond acceptors (Lipinski definition) is 6. The fraction of sp³-hybridized carbons (Fsp3) is 1.00. The van der Waals surface area contributed by atoms with Crippen LogP contribution in [0.25, 0.3) is 0 Å². The fourth-order valence-corrected chi connectivity index (χ4v) is 2.99. The first-order valence-corrected chi connectivity index (χ1v) is 9.18. The van der Waals surface area contributed by atoms with Crippen LogP contribution in [0.15, 0.2) is 0 Å². The van der Waals surface area contributed by atoms with Crippen LogP contribution in [0.2, 0.25) is 0 Å². The smallest absolute Gasteiger partial charge is 0.376 e. The Morgan fingerprint density at radius 2 is 1.33 bits per heavy atom. The van der Waals surface area contributed by atoms with E-state index >= 15 is 0 Å². The van der Waals surface area contributed by atoms with Crippen molar-refractivity contribution in [1.29, 1.82) is 0 Å². The maximum Gasteiger partial charge on any atom is 0.484 e. The summed E-state index contributed by atoms with van der Waals surface area (Å²) in [5.74, 6) is -0.904. The topological polar surface area (TPSA) is 55.4 Å².